The van der Waals surface area contributed by atoms with Crippen molar-refractivity contribution in [2.24, 2.45) is 0 Å². The Bertz CT molecular complexity index is 354. The van der Waals surface area contributed by atoms with Crippen molar-refractivity contribution in [3.05, 3.63) is 35.9 Å². The van der Waals surface area contributed by atoms with Crippen LogP contribution in [0.3, 0.4) is 0 Å². The first-order valence-corrected chi connectivity index (χ1v) is 5.88. The van der Waals surface area contributed by atoms with Crippen LogP contribution in [-0.4, -0.2) is 18.1 Å². The van der Waals surface area contributed by atoms with Crippen molar-refractivity contribution in [2.45, 2.75) is 39.3 Å². The van der Waals surface area contributed by atoms with Crippen LogP contribution in [0.5, 0.6) is 0 Å². The van der Waals surface area contributed by atoms with Gasteiger partial charge in [-0.15, -0.1) is 0 Å². The van der Waals surface area contributed by atoms with Gasteiger partial charge >= 0.3 is 5.97 Å². The summed E-state index contributed by atoms with van der Waals surface area (Å²) in [5.74, 6) is -0.222. The number of esters is 1. The molecule has 94 valence electrons. The third-order valence-electron chi connectivity index (χ3n) is 2.27. The normalized spacial score (nSPS) is 13.2. The van der Waals surface area contributed by atoms with E-state index in [1.807, 2.05) is 58.0 Å². The number of nitrogens with one attached hydrogen (secondary N) is 1. The number of carbonyl (C=O) groups is 1. The van der Waals surface area contributed by atoms with Crippen LogP contribution in [0.1, 0.15) is 39.3 Å². The molecule has 0 aliphatic rings. The first-order valence-electron chi connectivity index (χ1n) is 5.88. The van der Waals surface area contributed by atoms with E-state index in [0.29, 0.717) is 0 Å². The van der Waals surface area contributed by atoms with Crippen molar-refractivity contribution in [3.63, 3.8) is 0 Å². The topological polar surface area (TPSA) is 38.3 Å². The molecule has 0 amide bonds. The molecule has 3 heteroatoms. The summed E-state index contributed by atoms with van der Waals surface area (Å²) in [7, 11) is 0. The van der Waals surface area contributed by atoms with Crippen molar-refractivity contribution in [2.75, 3.05) is 6.54 Å². The fourth-order valence-corrected chi connectivity index (χ4v) is 1.47. The fraction of sp³-hybridized carbons (Fsp3) is 0.500. The number of ether oxygens (including phenoxy) is 1. The lowest BCUT2D eigenvalue weighted by Crippen LogP contribution is -2.32. The second kappa shape index (κ2) is 5.82. The van der Waals surface area contributed by atoms with Gasteiger partial charge in [-0.05, 0) is 33.3 Å². The summed E-state index contributed by atoms with van der Waals surface area (Å²) in [6.07, 6.45) is 0. The number of carbonyl (C=O) groups excluding carboxylic acids is 1. The zero-order chi connectivity index (χ0) is 12.9. The molecule has 0 saturated carbocycles. The van der Waals surface area contributed by atoms with Crippen molar-refractivity contribution in [1.29, 1.82) is 0 Å². The van der Waals surface area contributed by atoms with Crippen LogP contribution in [-0.2, 0) is 9.53 Å². The van der Waals surface area contributed by atoms with E-state index in [2.05, 4.69) is 5.32 Å². The lowest BCUT2D eigenvalue weighted by Gasteiger charge is -2.20. The summed E-state index contributed by atoms with van der Waals surface area (Å²) in [4.78, 5) is 11.5. The molecule has 1 atom stereocenters. The SMILES string of the molecule is C[C@H](NCC(=O)OC(C)(C)C)c1ccccc1. The minimum Gasteiger partial charge on any atom is -0.459 e. The van der Waals surface area contributed by atoms with E-state index in [1.165, 1.54) is 0 Å². The van der Waals surface area contributed by atoms with Crippen molar-refractivity contribution in [1.82, 2.24) is 5.32 Å². The monoisotopic (exact) mass is 235 g/mol. The lowest BCUT2D eigenvalue weighted by atomic mass is 10.1. The Labute approximate surface area is 103 Å². The van der Waals surface area contributed by atoms with E-state index in [9.17, 15) is 4.79 Å². The Balaban J connectivity index is 2.39. The Morgan fingerprint density at radius 3 is 2.41 bits per heavy atom. The highest BCUT2D eigenvalue weighted by atomic mass is 16.6. The van der Waals surface area contributed by atoms with Gasteiger partial charge in [-0.3, -0.25) is 4.79 Å². The van der Waals surface area contributed by atoms with Gasteiger partial charge in [0.05, 0.1) is 6.54 Å². The molecule has 0 aliphatic heterocycles. The van der Waals surface area contributed by atoms with Gasteiger partial charge in [-0.1, -0.05) is 30.3 Å². The van der Waals surface area contributed by atoms with Gasteiger partial charge in [-0.2, -0.15) is 0 Å². The van der Waals surface area contributed by atoms with Gasteiger partial charge in [0.15, 0.2) is 0 Å². The van der Waals surface area contributed by atoms with E-state index < -0.39 is 5.60 Å². The standard InChI is InChI=1S/C14H21NO2/c1-11(12-8-6-5-7-9-12)15-10-13(16)17-14(2,3)4/h5-9,11,15H,10H2,1-4H3/t11-/m0/s1. The molecule has 0 radical (unpaired) electrons. The first-order chi connectivity index (χ1) is 7.88. The smallest absolute Gasteiger partial charge is 0.320 e. The van der Waals surface area contributed by atoms with E-state index in [4.69, 9.17) is 4.74 Å². The van der Waals surface area contributed by atoms with Gasteiger partial charge in [0.2, 0.25) is 0 Å². The molecule has 0 unspecified atom stereocenters. The molecule has 0 bridgehead atoms. The molecule has 1 aromatic carbocycles. The van der Waals surface area contributed by atoms with Crippen LogP contribution < -0.4 is 5.32 Å². The third-order valence-corrected chi connectivity index (χ3v) is 2.27. The summed E-state index contributed by atoms with van der Waals surface area (Å²) in [6.45, 7) is 7.86. The molecule has 0 aromatic heterocycles. The number of rotatable bonds is 4. The lowest BCUT2D eigenvalue weighted by molar-refractivity contribution is -0.153. The van der Waals surface area contributed by atoms with Gasteiger partial charge in [0.1, 0.15) is 5.60 Å². The van der Waals surface area contributed by atoms with Crippen molar-refractivity contribution >= 4 is 5.97 Å². The number of benzene rings is 1. The Morgan fingerprint density at radius 1 is 1.29 bits per heavy atom. The summed E-state index contributed by atoms with van der Waals surface area (Å²) in [5, 5.41) is 3.15. The molecular weight excluding hydrogens is 214 g/mol. The minimum absolute atomic E-state index is 0.142. The van der Waals surface area contributed by atoms with Gasteiger partial charge in [0.25, 0.3) is 0 Å². The van der Waals surface area contributed by atoms with Crippen LogP contribution >= 0.6 is 0 Å². The van der Waals surface area contributed by atoms with Crippen molar-refractivity contribution < 1.29 is 9.53 Å². The van der Waals surface area contributed by atoms with Gasteiger partial charge < -0.3 is 10.1 Å². The number of hydrogen-bond donors (Lipinski definition) is 1. The largest absolute Gasteiger partial charge is 0.459 e. The van der Waals surface area contributed by atoms with Crippen LogP contribution in [0.25, 0.3) is 0 Å². The minimum atomic E-state index is -0.422. The van der Waals surface area contributed by atoms with Crippen LogP contribution in [0.15, 0.2) is 30.3 Å². The second-order valence-electron chi connectivity index (χ2n) is 5.10. The Hall–Kier alpha value is -1.35. The molecule has 0 spiro atoms. The predicted molar refractivity (Wildman–Crippen MR) is 68.7 cm³/mol. The Kier molecular flexibility index (Phi) is 4.70. The van der Waals surface area contributed by atoms with Crippen LogP contribution in [0.2, 0.25) is 0 Å². The molecule has 0 saturated heterocycles. The summed E-state index contributed by atoms with van der Waals surface area (Å²) in [6, 6.07) is 10.2. The fourth-order valence-electron chi connectivity index (χ4n) is 1.47. The zero-order valence-corrected chi connectivity index (χ0v) is 11.0. The van der Waals surface area contributed by atoms with E-state index >= 15 is 0 Å². The maximum absolute atomic E-state index is 11.5. The average molecular weight is 235 g/mol. The second-order valence-corrected chi connectivity index (χ2v) is 5.10. The third kappa shape index (κ3) is 5.50. The molecule has 0 aliphatic carbocycles. The Morgan fingerprint density at radius 2 is 1.88 bits per heavy atom. The first kappa shape index (κ1) is 13.7. The van der Waals surface area contributed by atoms with Crippen molar-refractivity contribution in [3.8, 4) is 0 Å². The maximum Gasteiger partial charge on any atom is 0.320 e. The van der Waals surface area contributed by atoms with Gasteiger partial charge in [-0.25, -0.2) is 0 Å². The molecule has 1 aromatic rings. The molecule has 17 heavy (non-hydrogen) atoms. The molecular formula is C14H21NO2. The van der Waals surface area contributed by atoms with Crippen LogP contribution in [0.4, 0.5) is 0 Å². The van der Waals surface area contributed by atoms with E-state index in [-0.39, 0.29) is 18.6 Å². The predicted octanol–water partition coefficient (Wildman–Crippen LogP) is 2.68. The van der Waals surface area contributed by atoms with Gasteiger partial charge in [0, 0.05) is 6.04 Å². The molecule has 3 nitrogen and oxygen atoms in total. The summed E-state index contributed by atoms with van der Waals surface area (Å²) < 4.78 is 5.22. The number of hydrogen-bond acceptors (Lipinski definition) is 3. The molecule has 0 fully saturated rings. The highest BCUT2D eigenvalue weighted by molar-refractivity contribution is 5.72. The van der Waals surface area contributed by atoms with Crippen LogP contribution in [0, 0.1) is 0 Å². The summed E-state index contributed by atoms with van der Waals surface area (Å²) in [5.41, 5.74) is 0.741. The average Bonchev–Trinajstić information content (AvgIpc) is 2.25. The highest BCUT2D eigenvalue weighted by Gasteiger charge is 2.16. The van der Waals surface area contributed by atoms with E-state index in [1.54, 1.807) is 0 Å². The molecule has 1 N–H and O–H groups in total. The maximum atomic E-state index is 11.5. The summed E-state index contributed by atoms with van der Waals surface area (Å²) >= 11 is 0. The quantitative estimate of drug-likeness (QED) is 0.815. The zero-order valence-electron chi connectivity index (χ0n) is 11.0. The van der Waals surface area contributed by atoms with E-state index in [0.717, 1.165) is 5.56 Å². The molecule has 0 heterocycles. The highest BCUT2D eigenvalue weighted by Crippen LogP contribution is 2.11. The molecule has 1 rings (SSSR count).